The molecule has 0 spiro atoms. The van der Waals surface area contributed by atoms with Crippen LogP contribution in [0.25, 0.3) is 0 Å². The van der Waals surface area contributed by atoms with Gasteiger partial charge in [0.05, 0.1) is 11.8 Å². The minimum absolute atomic E-state index is 0.120. The van der Waals surface area contributed by atoms with Gasteiger partial charge >= 0.3 is 0 Å². The molecule has 1 fully saturated rings. The summed E-state index contributed by atoms with van der Waals surface area (Å²) in [5.41, 5.74) is 0.665. The molecule has 1 aliphatic carbocycles. The van der Waals surface area contributed by atoms with Crippen LogP contribution in [0.1, 0.15) is 25.7 Å². The number of halogens is 1. The Labute approximate surface area is 102 Å². The predicted molar refractivity (Wildman–Crippen MR) is 67.6 cm³/mol. The molecule has 1 aromatic carbocycles. The van der Waals surface area contributed by atoms with Crippen LogP contribution >= 0.6 is 0 Å². The molecule has 0 saturated heterocycles. The lowest BCUT2D eigenvalue weighted by molar-refractivity contribution is 0.110. The van der Waals surface area contributed by atoms with Crippen molar-refractivity contribution >= 4 is 5.69 Å². The molecule has 3 heteroatoms. The maximum absolute atomic E-state index is 13.6. The van der Waals surface area contributed by atoms with Crippen molar-refractivity contribution in [3.63, 3.8) is 0 Å². The number of nitrogens with zero attached hydrogens (tertiary/aromatic N) is 1. The van der Waals surface area contributed by atoms with E-state index >= 15 is 0 Å². The quantitative estimate of drug-likeness (QED) is 0.873. The number of rotatable bonds is 3. The summed E-state index contributed by atoms with van der Waals surface area (Å²) in [6, 6.07) is 6.88. The van der Waals surface area contributed by atoms with Crippen molar-refractivity contribution in [3.05, 3.63) is 30.1 Å². The van der Waals surface area contributed by atoms with Gasteiger partial charge in [-0.15, -0.1) is 0 Å². The number of anilines is 1. The van der Waals surface area contributed by atoms with Gasteiger partial charge in [-0.2, -0.15) is 0 Å². The van der Waals surface area contributed by atoms with Crippen LogP contribution in [0.5, 0.6) is 0 Å². The van der Waals surface area contributed by atoms with Crippen LogP contribution in [0, 0.1) is 11.7 Å². The molecule has 0 radical (unpaired) electrons. The number of hydrogen-bond donors (Lipinski definition) is 1. The van der Waals surface area contributed by atoms with Gasteiger partial charge in [-0.05, 0) is 43.7 Å². The standard InChI is InChI=1S/C14H20FNO/c1-16(14-5-3-2-4-13(14)15)10-11-6-8-12(17)9-7-11/h2-5,11-12,17H,6-10H2,1H3. The molecule has 0 aliphatic heterocycles. The summed E-state index contributed by atoms with van der Waals surface area (Å²) in [4.78, 5) is 1.98. The predicted octanol–water partition coefficient (Wildman–Crippen LogP) is 2.81. The van der Waals surface area contributed by atoms with Crippen LogP contribution in [0.3, 0.4) is 0 Å². The lowest BCUT2D eigenvalue weighted by Crippen LogP contribution is -2.30. The van der Waals surface area contributed by atoms with Gasteiger partial charge in [-0.25, -0.2) is 4.39 Å². The number of benzene rings is 1. The van der Waals surface area contributed by atoms with Crippen molar-refractivity contribution in [1.82, 2.24) is 0 Å². The fourth-order valence-electron chi connectivity index (χ4n) is 2.57. The Balaban J connectivity index is 1.93. The summed E-state index contributed by atoms with van der Waals surface area (Å²) in [5, 5.41) is 9.45. The van der Waals surface area contributed by atoms with E-state index in [0.29, 0.717) is 11.6 Å². The number of aliphatic hydroxyl groups excluding tert-OH is 1. The number of para-hydroxylation sites is 1. The molecule has 0 bridgehead atoms. The molecular formula is C14H20FNO. The molecular weight excluding hydrogens is 217 g/mol. The maximum atomic E-state index is 13.6. The van der Waals surface area contributed by atoms with E-state index in [1.807, 2.05) is 24.1 Å². The van der Waals surface area contributed by atoms with E-state index in [1.54, 1.807) is 6.07 Å². The smallest absolute Gasteiger partial charge is 0.146 e. The minimum atomic E-state index is -0.161. The summed E-state index contributed by atoms with van der Waals surface area (Å²) < 4.78 is 13.6. The molecule has 17 heavy (non-hydrogen) atoms. The molecule has 1 aliphatic rings. The highest BCUT2D eigenvalue weighted by Crippen LogP contribution is 2.27. The molecule has 0 heterocycles. The molecule has 1 aromatic rings. The Morgan fingerprint density at radius 3 is 2.53 bits per heavy atom. The first kappa shape index (κ1) is 12.4. The van der Waals surface area contributed by atoms with Crippen LogP contribution in [-0.4, -0.2) is 24.8 Å². The highest BCUT2D eigenvalue weighted by molar-refractivity contribution is 5.46. The van der Waals surface area contributed by atoms with Crippen molar-refractivity contribution in [3.8, 4) is 0 Å². The van der Waals surface area contributed by atoms with E-state index in [4.69, 9.17) is 0 Å². The first-order chi connectivity index (χ1) is 8.16. The summed E-state index contributed by atoms with van der Waals surface area (Å²) in [6.07, 6.45) is 3.73. The monoisotopic (exact) mass is 237 g/mol. The van der Waals surface area contributed by atoms with Gasteiger partial charge < -0.3 is 10.0 Å². The van der Waals surface area contributed by atoms with Crippen molar-refractivity contribution < 1.29 is 9.50 Å². The molecule has 0 amide bonds. The second-order valence-electron chi connectivity index (χ2n) is 5.01. The minimum Gasteiger partial charge on any atom is -0.393 e. The molecule has 94 valence electrons. The SMILES string of the molecule is CN(CC1CCC(O)CC1)c1ccccc1F. The number of aliphatic hydroxyl groups is 1. The Bertz CT molecular complexity index is 361. The fraction of sp³-hybridized carbons (Fsp3) is 0.571. The lowest BCUT2D eigenvalue weighted by Gasteiger charge is -2.30. The van der Waals surface area contributed by atoms with E-state index in [9.17, 15) is 9.50 Å². The van der Waals surface area contributed by atoms with Crippen LogP contribution in [0.15, 0.2) is 24.3 Å². The van der Waals surface area contributed by atoms with Gasteiger partial charge in [-0.3, -0.25) is 0 Å². The first-order valence-electron chi connectivity index (χ1n) is 6.30. The number of hydrogen-bond acceptors (Lipinski definition) is 2. The Kier molecular flexibility index (Phi) is 4.00. The van der Waals surface area contributed by atoms with Crippen molar-refractivity contribution in [2.45, 2.75) is 31.8 Å². The van der Waals surface area contributed by atoms with Crippen molar-refractivity contribution in [2.24, 2.45) is 5.92 Å². The Morgan fingerprint density at radius 1 is 1.24 bits per heavy atom. The third-order valence-corrected chi connectivity index (χ3v) is 3.61. The summed E-state index contributed by atoms with van der Waals surface area (Å²) in [7, 11) is 1.93. The lowest BCUT2D eigenvalue weighted by atomic mass is 9.87. The van der Waals surface area contributed by atoms with E-state index in [2.05, 4.69) is 0 Å². The van der Waals surface area contributed by atoms with E-state index in [1.165, 1.54) is 6.07 Å². The normalized spacial score (nSPS) is 24.6. The van der Waals surface area contributed by atoms with Crippen molar-refractivity contribution in [2.75, 3.05) is 18.5 Å². The van der Waals surface area contributed by atoms with Gasteiger partial charge in [0.1, 0.15) is 5.82 Å². The molecule has 1 N–H and O–H groups in total. The summed E-state index contributed by atoms with van der Waals surface area (Å²) >= 11 is 0. The largest absolute Gasteiger partial charge is 0.393 e. The zero-order valence-electron chi connectivity index (χ0n) is 10.3. The van der Waals surface area contributed by atoms with Crippen LogP contribution in [0.2, 0.25) is 0 Å². The average molecular weight is 237 g/mol. The third-order valence-electron chi connectivity index (χ3n) is 3.61. The van der Waals surface area contributed by atoms with E-state index in [-0.39, 0.29) is 11.9 Å². The summed E-state index contributed by atoms with van der Waals surface area (Å²) in [6.45, 7) is 0.869. The molecule has 1 saturated carbocycles. The summed E-state index contributed by atoms with van der Waals surface area (Å²) in [5.74, 6) is 0.411. The zero-order chi connectivity index (χ0) is 12.3. The van der Waals surface area contributed by atoms with Gasteiger partial charge in [0.2, 0.25) is 0 Å². The zero-order valence-corrected chi connectivity index (χ0v) is 10.3. The van der Waals surface area contributed by atoms with Gasteiger partial charge in [0, 0.05) is 13.6 Å². The molecule has 2 rings (SSSR count). The van der Waals surface area contributed by atoms with Crippen LogP contribution in [0.4, 0.5) is 10.1 Å². The highest BCUT2D eigenvalue weighted by Gasteiger charge is 2.21. The first-order valence-corrected chi connectivity index (χ1v) is 6.30. The molecule has 2 nitrogen and oxygen atoms in total. The fourth-order valence-corrected chi connectivity index (χ4v) is 2.57. The van der Waals surface area contributed by atoms with Gasteiger partial charge in [-0.1, -0.05) is 12.1 Å². The average Bonchev–Trinajstić information content (AvgIpc) is 2.32. The Morgan fingerprint density at radius 2 is 1.88 bits per heavy atom. The second kappa shape index (κ2) is 5.50. The maximum Gasteiger partial charge on any atom is 0.146 e. The second-order valence-corrected chi connectivity index (χ2v) is 5.01. The Hall–Kier alpha value is -1.09. The van der Waals surface area contributed by atoms with Crippen LogP contribution < -0.4 is 4.90 Å². The topological polar surface area (TPSA) is 23.5 Å². The van der Waals surface area contributed by atoms with Gasteiger partial charge in [0.15, 0.2) is 0 Å². The van der Waals surface area contributed by atoms with Crippen molar-refractivity contribution in [1.29, 1.82) is 0 Å². The van der Waals surface area contributed by atoms with E-state index in [0.717, 1.165) is 32.2 Å². The molecule has 0 unspecified atom stereocenters. The van der Waals surface area contributed by atoms with Gasteiger partial charge in [0.25, 0.3) is 0 Å². The molecule has 0 aromatic heterocycles. The molecule has 0 atom stereocenters. The van der Waals surface area contributed by atoms with Crippen LogP contribution in [-0.2, 0) is 0 Å². The third kappa shape index (κ3) is 3.19. The van der Waals surface area contributed by atoms with E-state index < -0.39 is 0 Å². The highest BCUT2D eigenvalue weighted by atomic mass is 19.1.